The van der Waals surface area contributed by atoms with Gasteiger partial charge in [-0.25, -0.2) is 4.39 Å². The van der Waals surface area contributed by atoms with Crippen molar-refractivity contribution in [2.75, 3.05) is 11.9 Å². The lowest BCUT2D eigenvalue weighted by atomic mass is 9.64. The zero-order chi connectivity index (χ0) is 19.3. The summed E-state index contributed by atoms with van der Waals surface area (Å²) in [5.74, 6) is -0.530. The molecule has 0 aliphatic heterocycles. The number of carbonyl (C=O) groups excluding carboxylic acids is 2. The summed E-state index contributed by atoms with van der Waals surface area (Å²) in [6.45, 7) is 0.407. The predicted octanol–water partition coefficient (Wildman–Crippen LogP) is 4.44. The smallest absolute Gasteiger partial charge is 0.230 e. The SMILES string of the molecule is O=C(CCCNC(=O)C1(c2cccc(F)c2)CCC1)Nc1ccc(Cl)cc1. The van der Waals surface area contributed by atoms with Gasteiger partial charge in [0.05, 0.1) is 5.41 Å². The van der Waals surface area contributed by atoms with E-state index in [1.165, 1.54) is 12.1 Å². The van der Waals surface area contributed by atoms with Crippen molar-refractivity contribution in [2.24, 2.45) is 0 Å². The van der Waals surface area contributed by atoms with Gasteiger partial charge in [0, 0.05) is 23.7 Å². The molecular formula is C21H22ClFN2O2. The fourth-order valence-corrected chi connectivity index (χ4v) is 3.47. The van der Waals surface area contributed by atoms with Crippen LogP contribution in [-0.2, 0) is 15.0 Å². The van der Waals surface area contributed by atoms with Gasteiger partial charge in [-0.05, 0) is 61.2 Å². The summed E-state index contributed by atoms with van der Waals surface area (Å²) >= 11 is 5.81. The molecule has 0 saturated heterocycles. The minimum Gasteiger partial charge on any atom is -0.355 e. The Bertz CT molecular complexity index is 819. The van der Waals surface area contributed by atoms with Crippen molar-refractivity contribution in [3.05, 3.63) is 64.9 Å². The van der Waals surface area contributed by atoms with E-state index in [2.05, 4.69) is 10.6 Å². The summed E-state index contributed by atoms with van der Waals surface area (Å²) in [5, 5.41) is 6.31. The summed E-state index contributed by atoms with van der Waals surface area (Å²) in [7, 11) is 0. The molecule has 0 radical (unpaired) electrons. The largest absolute Gasteiger partial charge is 0.355 e. The van der Waals surface area contributed by atoms with Crippen LogP contribution in [0.25, 0.3) is 0 Å². The summed E-state index contributed by atoms with van der Waals surface area (Å²) in [6, 6.07) is 13.2. The van der Waals surface area contributed by atoms with Crippen molar-refractivity contribution in [3.8, 4) is 0 Å². The van der Waals surface area contributed by atoms with Gasteiger partial charge in [-0.1, -0.05) is 30.2 Å². The number of hydrogen-bond donors (Lipinski definition) is 2. The zero-order valence-electron chi connectivity index (χ0n) is 14.9. The minimum absolute atomic E-state index is 0.0857. The van der Waals surface area contributed by atoms with Gasteiger partial charge < -0.3 is 10.6 Å². The predicted molar refractivity (Wildman–Crippen MR) is 104 cm³/mol. The van der Waals surface area contributed by atoms with E-state index in [-0.39, 0.29) is 17.6 Å². The van der Waals surface area contributed by atoms with Gasteiger partial charge in [0.1, 0.15) is 5.82 Å². The number of amides is 2. The Hall–Kier alpha value is -2.40. The van der Waals surface area contributed by atoms with Crippen LogP contribution in [0.1, 0.15) is 37.7 Å². The molecule has 6 heteroatoms. The molecule has 2 aromatic carbocycles. The Morgan fingerprint density at radius 1 is 1.11 bits per heavy atom. The lowest BCUT2D eigenvalue weighted by molar-refractivity contribution is -0.130. The fourth-order valence-electron chi connectivity index (χ4n) is 3.34. The summed E-state index contributed by atoms with van der Waals surface area (Å²) in [4.78, 5) is 24.6. The van der Waals surface area contributed by atoms with Gasteiger partial charge in [0.25, 0.3) is 0 Å². The first-order chi connectivity index (χ1) is 13.0. The first-order valence-corrected chi connectivity index (χ1v) is 9.47. The van der Waals surface area contributed by atoms with Gasteiger partial charge in [-0.2, -0.15) is 0 Å². The standard InChI is InChI=1S/C21H22ClFN2O2/c22-16-7-9-18(10-8-16)25-19(26)6-2-13-24-20(27)21(11-3-12-21)15-4-1-5-17(23)14-15/h1,4-5,7-10,14H,2-3,6,11-13H2,(H,24,27)(H,25,26). The van der Waals surface area contributed by atoms with Crippen LogP contribution in [0, 0.1) is 5.82 Å². The van der Waals surface area contributed by atoms with Crippen molar-refractivity contribution in [3.63, 3.8) is 0 Å². The molecule has 2 N–H and O–H groups in total. The second-order valence-electron chi connectivity index (χ2n) is 6.86. The third kappa shape index (κ3) is 4.66. The van der Waals surface area contributed by atoms with Gasteiger partial charge in [0.15, 0.2) is 0 Å². The molecule has 0 aromatic heterocycles. The monoisotopic (exact) mass is 388 g/mol. The summed E-state index contributed by atoms with van der Waals surface area (Å²) in [6.07, 6.45) is 3.23. The van der Waals surface area contributed by atoms with Crippen LogP contribution >= 0.6 is 11.6 Å². The van der Waals surface area contributed by atoms with Crippen molar-refractivity contribution in [2.45, 2.75) is 37.5 Å². The van der Waals surface area contributed by atoms with E-state index >= 15 is 0 Å². The van der Waals surface area contributed by atoms with Crippen LogP contribution < -0.4 is 10.6 Å². The highest BCUT2D eigenvalue weighted by Gasteiger charge is 2.45. The second-order valence-corrected chi connectivity index (χ2v) is 7.30. The molecule has 2 aromatic rings. The molecular weight excluding hydrogens is 367 g/mol. The minimum atomic E-state index is -0.631. The molecule has 0 atom stereocenters. The maximum atomic E-state index is 13.5. The van der Waals surface area contributed by atoms with Gasteiger partial charge in [-0.3, -0.25) is 9.59 Å². The number of anilines is 1. The van der Waals surface area contributed by atoms with Crippen LogP contribution in [0.4, 0.5) is 10.1 Å². The number of hydrogen-bond acceptors (Lipinski definition) is 2. The molecule has 1 aliphatic rings. The van der Waals surface area contributed by atoms with Gasteiger partial charge >= 0.3 is 0 Å². The average molecular weight is 389 g/mol. The van der Waals surface area contributed by atoms with Crippen LogP contribution in [-0.4, -0.2) is 18.4 Å². The van der Waals surface area contributed by atoms with Crippen LogP contribution in [0.2, 0.25) is 5.02 Å². The molecule has 1 aliphatic carbocycles. The lowest BCUT2D eigenvalue weighted by Gasteiger charge is -2.40. The lowest BCUT2D eigenvalue weighted by Crippen LogP contribution is -2.49. The molecule has 4 nitrogen and oxygen atoms in total. The number of rotatable bonds is 7. The van der Waals surface area contributed by atoms with Gasteiger partial charge in [0.2, 0.25) is 11.8 Å². The summed E-state index contributed by atoms with van der Waals surface area (Å²) < 4.78 is 13.5. The highest BCUT2D eigenvalue weighted by molar-refractivity contribution is 6.30. The Morgan fingerprint density at radius 2 is 1.85 bits per heavy atom. The van der Waals surface area contributed by atoms with Crippen LogP contribution in [0.15, 0.2) is 48.5 Å². The Kier molecular flexibility index (Phi) is 6.11. The Morgan fingerprint density at radius 3 is 2.48 bits per heavy atom. The second kappa shape index (κ2) is 8.53. The van der Waals surface area contributed by atoms with E-state index in [1.54, 1.807) is 36.4 Å². The van der Waals surface area contributed by atoms with Crippen molar-refractivity contribution in [1.29, 1.82) is 0 Å². The third-order valence-electron chi connectivity index (χ3n) is 5.01. The fraction of sp³-hybridized carbons (Fsp3) is 0.333. The molecule has 1 fully saturated rings. The number of benzene rings is 2. The van der Waals surface area contributed by atoms with E-state index in [0.29, 0.717) is 30.1 Å². The number of nitrogens with one attached hydrogen (secondary N) is 2. The molecule has 2 amide bonds. The Labute approximate surface area is 163 Å². The van der Waals surface area contributed by atoms with E-state index in [9.17, 15) is 14.0 Å². The van der Waals surface area contributed by atoms with Crippen LogP contribution in [0.3, 0.4) is 0 Å². The topological polar surface area (TPSA) is 58.2 Å². The molecule has 0 heterocycles. The van der Waals surface area contributed by atoms with Crippen molar-refractivity contribution in [1.82, 2.24) is 5.32 Å². The highest BCUT2D eigenvalue weighted by atomic mass is 35.5. The molecule has 0 unspecified atom stereocenters. The van der Waals surface area contributed by atoms with E-state index < -0.39 is 5.41 Å². The molecule has 27 heavy (non-hydrogen) atoms. The molecule has 3 rings (SSSR count). The van der Waals surface area contributed by atoms with E-state index in [0.717, 1.165) is 24.8 Å². The normalized spacial score (nSPS) is 14.9. The zero-order valence-corrected chi connectivity index (χ0v) is 15.7. The first-order valence-electron chi connectivity index (χ1n) is 9.09. The first kappa shape index (κ1) is 19.4. The van der Waals surface area contributed by atoms with Crippen molar-refractivity contribution < 1.29 is 14.0 Å². The molecule has 142 valence electrons. The molecule has 0 spiro atoms. The third-order valence-corrected chi connectivity index (χ3v) is 5.27. The molecule has 1 saturated carbocycles. The maximum absolute atomic E-state index is 13.5. The molecule has 0 bridgehead atoms. The maximum Gasteiger partial charge on any atom is 0.230 e. The van der Waals surface area contributed by atoms with Gasteiger partial charge in [-0.15, -0.1) is 0 Å². The van der Waals surface area contributed by atoms with Crippen LogP contribution in [0.5, 0.6) is 0 Å². The number of carbonyl (C=O) groups is 2. The van der Waals surface area contributed by atoms with Crippen molar-refractivity contribution >= 4 is 29.1 Å². The highest BCUT2D eigenvalue weighted by Crippen LogP contribution is 2.44. The van der Waals surface area contributed by atoms with E-state index in [1.807, 2.05) is 0 Å². The Balaban J connectivity index is 1.46. The number of halogens is 2. The quantitative estimate of drug-likeness (QED) is 0.689. The average Bonchev–Trinajstić information content (AvgIpc) is 2.60. The summed E-state index contributed by atoms with van der Waals surface area (Å²) in [5.41, 5.74) is 0.785. The van der Waals surface area contributed by atoms with E-state index in [4.69, 9.17) is 11.6 Å².